The van der Waals surface area contributed by atoms with Gasteiger partial charge >= 0.3 is 0 Å². The van der Waals surface area contributed by atoms with Crippen LogP contribution in [-0.2, 0) is 13.1 Å². The van der Waals surface area contributed by atoms with Crippen LogP contribution in [0, 0.1) is 0 Å². The molecule has 0 saturated heterocycles. The van der Waals surface area contributed by atoms with Crippen LogP contribution in [0.5, 0.6) is 0 Å². The minimum absolute atomic E-state index is 0. The zero-order chi connectivity index (χ0) is 7.40. The van der Waals surface area contributed by atoms with E-state index in [-0.39, 0.29) is 24.8 Å². The van der Waals surface area contributed by atoms with E-state index in [0.29, 0.717) is 13.1 Å². The van der Waals surface area contributed by atoms with Crippen LogP contribution in [0.4, 0.5) is 0 Å². The van der Waals surface area contributed by atoms with Crippen LogP contribution in [0.15, 0.2) is 24.3 Å². The zero-order valence-electron chi connectivity index (χ0n) is 6.69. The second-order valence-electron chi connectivity index (χ2n) is 2.22. The summed E-state index contributed by atoms with van der Waals surface area (Å²) in [6.07, 6.45) is 0. The summed E-state index contributed by atoms with van der Waals surface area (Å²) < 4.78 is 0. The quantitative estimate of drug-likeness (QED) is 0.774. The van der Waals surface area contributed by atoms with Crippen molar-refractivity contribution in [2.45, 2.75) is 13.1 Å². The third kappa shape index (κ3) is 3.93. The van der Waals surface area contributed by atoms with Gasteiger partial charge in [-0.1, -0.05) is 24.3 Å². The molecule has 2 nitrogen and oxygen atoms in total. The van der Waals surface area contributed by atoms with E-state index in [2.05, 4.69) is 0 Å². The summed E-state index contributed by atoms with van der Waals surface area (Å²) in [6.45, 7) is 1.20. The molecule has 1 aromatic carbocycles. The van der Waals surface area contributed by atoms with Crippen LogP contribution in [-0.4, -0.2) is 0 Å². The summed E-state index contributed by atoms with van der Waals surface area (Å²) in [5, 5.41) is 0. The molecule has 1 aromatic rings. The summed E-state index contributed by atoms with van der Waals surface area (Å²) in [5.41, 5.74) is 13.1. The van der Waals surface area contributed by atoms with E-state index in [9.17, 15) is 0 Å². The van der Waals surface area contributed by atoms with Gasteiger partial charge in [-0.15, -0.1) is 24.8 Å². The van der Waals surface area contributed by atoms with E-state index in [1.165, 1.54) is 0 Å². The maximum absolute atomic E-state index is 5.41. The first-order chi connectivity index (χ1) is 4.86. The van der Waals surface area contributed by atoms with Gasteiger partial charge in [-0.3, -0.25) is 0 Å². The van der Waals surface area contributed by atoms with Gasteiger partial charge in [-0.05, 0) is 11.1 Å². The number of hydrogen-bond acceptors (Lipinski definition) is 2. The molecular formula is C8H14Cl2N2. The molecule has 0 atom stereocenters. The largest absolute Gasteiger partial charge is 0.326 e. The number of hydrogen-bond donors (Lipinski definition) is 2. The van der Waals surface area contributed by atoms with E-state index >= 15 is 0 Å². The molecule has 0 aliphatic heterocycles. The summed E-state index contributed by atoms with van der Waals surface area (Å²) in [4.78, 5) is 0. The standard InChI is InChI=1S/C8H12N2.2ClH/c9-5-7-1-2-8(6-10)4-3-7;;/h1-4H,5-6,9-10H2;2*1H. The Bertz CT molecular complexity index is 176. The molecule has 12 heavy (non-hydrogen) atoms. The van der Waals surface area contributed by atoms with Crippen molar-refractivity contribution in [1.82, 2.24) is 0 Å². The highest BCUT2D eigenvalue weighted by Gasteiger charge is 1.88. The van der Waals surface area contributed by atoms with Gasteiger partial charge in [0.1, 0.15) is 0 Å². The van der Waals surface area contributed by atoms with E-state index in [4.69, 9.17) is 11.5 Å². The molecule has 0 aliphatic carbocycles. The Kier molecular flexibility index (Phi) is 8.76. The highest BCUT2D eigenvalue weighted by molar-refractivity contribution is 5.85. The molecule has 0 bridgehead atoms. The van der Waals surface area contributed by atoms with Crippen molar-refractivity contribution in [2.24, 2.45) is 11.5 Å². The van der Waals surface area contributed by atoms with E-state index in [0.717, 1.165) is 11.1 Å². The fourth-order valence-electron chi connectivity index (χ4n) is 0.811. The average molecular weight is 209 g/mol. The lowest BCUT2D eigenvalue weighted by molar-refractivity contribution is 1.04. The van der Waals surface area contributed by atoms with Crippen molar-refractivity contribution in [3.8, 4) is 0 Å². The van der Waals surface area contributed by atoms with Gasteiger partial charge in [-0.25, -0.2) is 0 Å². The van der Waals surface area contributed by atoms with Gasteiger partial charge in [0.25, 0.3) is 0 Å². The highest BCUT2D eigenvalue weighted by Crippen LogP contribution is 2.01. The molecule has 1 rings (SSSR count). The van der Waals surface area contributed by atoms with Crippen LogP contribution < -0.4 is 11.5 Å². The Balaban J connectivity index is 0. The van der Waals surface area contributed by atoms with Crippen LogP contribution in [0.2, 0.25) is 0 Å². The van der Waals surface area contributed by atoms with Crippen molar-refractivity contribution in [3.05, 3.63) is 35.4 Å². The number of nitrogens with two attached hydrogens (primary N) is 2. The van der Waals surface area contributed by atoms with Gasteiger partial charge in [0.05, 0.1) is 0 Å². The average Bonchev–Trinajstić information content (AvgIpc) is 2.05. The van der Waals surface area contributed by atoms with Crippen molar-refractivity contribution in [3.63, 3.8) is 0 Å². The predicted molar refractivity (Wildman–Crippen MR) is 56.7 cm³/mol. The molecule has 0 fully saturated rings. The topological polar surface area (TPSA) is 52.0 Å². The number of halogens is 2. The third-order valence-corrected chi connectivity index (χ3v) is 1.49. The number of benzene rings is 1. The van der Waals surface area contributed by atoms with Gasteiger partial charge in [0.15, 0.2) is 0 Å². The molecule has 0 heterocycles. The molecule has 0 unspecified atom stereocenters. The molecule has 0 radical (unpaired) electrons. The van der Waals surface area contributed by atoms with Crippen molar-refractivity contribution >= 4 is 24.8 Å². The Morgan fingerprint density at radius 2 is 1.00 bits per heavy atom. The first-order valence-electron chi connectivity index (χ1n) is 3.34. The van der Waals surface area contributed by atoms with E-state index in [1.807, 2.05) is 24.3 Å². The molecule has 0 aliphatic rings. The summed E-state index contributed by atoms with van der Waals surface area (Å²) in [7, 11) is 0. The molecular weight excluding hydrogens is 195 g/mol. The first-order valence-corrected chi connectivity index (χ1v) is 3.34. The lowest BCUT2D eigenvalue weighted by Crippen LogP contribution is -1.98. The Labute approximate surface area is 85.1 Å². The molecule has 0 spiro atoms. The summed E-state index contributed by atoms with van der Waals surface area (Å²) in [5.74, 6) is 0. The SMILES string of the molecule is Cl.Cl.NCc1ccc(CN)cc1. The van der Waals surface area contributed by atoms with Crippen molar-refractivity contribution in [1.29, 1.82) is 0 Å². The van der Waals surface area contributed by atoms with Gasteiger partial charge in [0.2, 0.25) is 0 Å². The fourth-order valence-corrected chi connectivity index (χ4v) is 0.811. The Morgan fingerprint density at radius 3 is 1.17 bits per heavy atom. The highest BCUT2D eigenvalue weighted by atomic mass is 35.5. The molecule has 0 amide bonds. The predicted octanol–water partition coefficient (Wildman–Crippen LogP) is 1.45. The maximum atomic E-state index is 5.41. The fraction of sp³-hybridized carbons (Fsp3) is 0.250. The summed E-state index contributed by atoms with van der Waals surface area (Å²) >= 11 is 0. The van der Waals surface area contributed by atoms with Gasteiger partial charge in [0, 0.05) is 13.1 Å². The van der Waals surface area contributed by atoms with E-state index < -0.39 is 0 Å². The molecule has 0 aromatic heterocycles. The van der Waals surface area contributed by atoms with Crippen LogP contribution in [0.3, 0.4) is 0 Å². The van der Waals surface area contributed by atoms with Gasteiger partial charge < -0.3 is 11.5 Å². The molecule has 0 saturated carbocycles. The lowest BCUT2D eigenvalue weighted by atomic mass is 10.1. The number of rotatable bonds is 2. The summed E-state index contributed by atoms with van der Waals surface area (Å²) in [6, 6.07) is 8.01. The monoisotopic (exact) mass is 208 g/mol. The lowest BCUT2D eigenvalue weighted by Gasteiger charge is -1.97. The van der Waals surface area contributed by atoms with Crippen LogP contribution in [0.1, 0.15) is 11.1 Å². The zero-order valence-corrected chi connectivity index (χ0v) is 8.33. The van der Waals surface area contributed by atoms with Crippen molar-refractivity contribution in [2.75, 3.05) is 0 Å². The second-order valence-corrected chi connectivity index (χ2v) is 2.22. The second kappa shape index (κ2) is 7.37. The van der Waals surface area contributed by atoms with Crippen molar-refractivity contribution < 1.29 is 0 Å². The molecule has 4 heteroatoms. The Morgan fingerprint density at radius 1 is 0.750 bits per heavy atom. The van der Waals surface area contributed by atoms with Crippen LogP contribution >= 0.6 is 24.8 Å². The minimum Gasteiger partial charge on any atom is -0.326 e. The minimum atomic E-state index is 0. The van der Waals surface area contributed by atoms with Crippen LogP contribution in [0.25, 0.3) is 0 Å². The normalized spacial score (nSPS) is 8.17. The third-order valence-electron chi connectivity index (χ3n) is 1.49. The molecule has 70 valence electrons. The maximum Gasteiger partial charge on any atom is 0.0178 e. The Hall–Kier alpha value is -0.280. The smallest absolute Gasteiger partial charge is 0.0178 e. The van der Waals surface area contributed by atoms with E-state index in [1.54, 1.807) is 0 Å². The first kappa shape index (κ1) is 14.3. The molecule has 4 N–H and O–H groups in total. The van der Waals surface area contributed by atoms with Gasteiger partial charge in [-0.2, -0.15) is 0 Å².